The lowest BCUT2D eigenvalue weighted by atomic mass is 10.2. The molecule has 3 nitrogen and oxygen atoms in total. The van der Waals surface area contributed by atoms with Gasteiger partial charge in [0.2, 0.25) is 0 Å². The highest BCUT2D eigenvalue weighted by atomic mass is 19.1. The van der Waals surface area contributed by atoms with E-state index in [0.29, 0.717) is 11.3 Å². The lowest BCUT2D eigenvalue weighted by Crippen LogP contribution is -2.05. The van der Waals surface area contributed by atoms with Gasteiger partial charge in [-0.15, -0.1) is 0 Å². The number of hydrogen-bond donors (Lipinski definition) is 1. The van der Waals surface area contributed by atoms with Gasteiger partial charge in [-0.2, -0.15) is 0 Å². The molecule has 102 valence electrons. The molecular formula is C16H15FN2O. The molecule has 20 heavy (non-hydrogen) atoms. The third-order valence-corrected chi connectivity index (χ3v) is 3.24. The minimum Gasteiger partial charge on any atom is -0.483 e. The molecule has 4 heteroatoms. The summed E-state index contributed by atoms with van der Waals surface area (Å²) in [4.78, 5) is 7.53. The maximum Gasteiger partial charge on any atom is 0.153 e. The first-order chi connectivity index (χ1) is 9.63. The van der Waals surface area contributed by atoms with E-state index in [1.807, 2.05) is 38.1 Å². The molecule has 3 aromatic rings. The van der Waals surface area contributed by atoms with Crippen LogP contribution in [0.4, 0.5) is 4.39 Å². The van der Waals surface area contributed by atoms with Crippen LogP contribution < -0.4 is 4.74 Å². The Morgan fingerprint density at radius 2 is 2.00 bits per heavy atom. The molecule has 2 aromatic carbocycles. The Kier molecular flexibility index (Phi) is 3.14. The number of nitrogens with one attached hydrogen (secondary N) is 1. The first-order valence-corrected chi connectivity index (χ1v) is 6.51. The largest absolute Gasteiger partial charge is 0.483 e. The van der Waals surface area contributed by atoms with Gasteiger partial charge in [0.15, 0.2) is 6.10 Å². The van der Waals surface area contributed by atoms with Crippen LogP contribution in [0.2, 0.25) is 0 Å². The Morgan fingerprint density at radius 3 is 2.80 bits per heavy atom. The van der Waals surface area contributed by atoms with Crippen molar-refractivity contribution >= 4 is 11.0 Å². The molecule has 1 N–H and O–H groups in total. The van der Waals surface area contributed by atoms with Crippen LogP contribution >= 0.6 is 0 Å². The fourth-order valence-corrected chi connectivity index (χ4v) is 2.13. The number of rotatable bonds is 3. The number of halogens is 1. The van der Waals surface area contributed by atoms with Gasteiger partial charge in [0.1, 0.15) is 17.4 Å². The van der Waals surface area contributed by atoms with E-state index in [-0.39, 0.29) is 11.9 Å². The van der Waals surface area contributed by atoms with E-state index >= 15 is 0 Å². The summed E-state index contributed by atoms with van der Waals surface area (Å²) in [6, 6.07) is 12.3. The standard InChI is InChI=1S/C16H15FN2O/c1-10-5-3-4-6-15(10)20-11(2)16-18-13-8-7-12(17)9-14(13)19-16/h3-9,11H,1-2H3,(H,18,19)/t11-/m0/s1. The van der Waals surface area contributed by atoms with Crippen LogP contribution in [0.3, 0.4) is 0 Å². The number of aryl methyl sites for hydroxylation is 1. The van der Waals surface area contributed by atoms with Crippen LogP contribution in [0, 0.1) is 12.7 Å². The minimum atomic E-state index is -0.278. The predicted octanol–water partition coefficient (Wildman–Crippen LogP) is 4.15. The van der Waals surface area contributed by atoms with Crippen molar-refractivity contribution in [3.05, 3.63) is 59.7 Å². The maximum absolute atomic E-state index is 13.2. The lowest BCUT2D eigenvalue weighted by Gasteiger charge is -2.14. The summed E-state index contributed by atoms with van der Waals surface area (Å²) >= 11 is 0. The summed E-state index contributed by atoms with van der Waals surface area (Å²) in [7, 11) is 0. The van der Waals surface area contributed by atoms with Crippen molar-refractivity contribution in [1.82, 2.24) is 9.97 Å². The number of fused-ring (bicyclic) bond motifs is 1. The first kappa shape index (κ1) is 12.7. The van der Waals surface area contributed by atoms with Crippen LogP contribution in [0.1, 0.15) is 24.4 Å². The van der Waals surface area contributed by atoms with Crippen molar-refractivity contribution in [3.8, 4) is 5.75 Å². The molecule has 0 spiro atoms. The zero-order valence-corrected chi connectivity index (χ0v) is 11.4. The number of aromatic amines is 1. The van der Waals surface area contributed by atoms with Crippen molar-refractivity contribution in [3.63, 3.8) is 0 Å². The number of benzene rings is 2. The normalized spacial score (nSPS) is 12.6. The quantitative estimate of drug-likeness (QED) is 0.776. The molecule has 1 heterocycles. The van der Waals surface area contributed by atoms with Crippen molar-refractivity contribution in [2.24, 2.45) is 0 Å². The molecule has 0 saturated carbocycles. The van der Waals surface area contributed by atoms with Gasteiger partial charge in [-0.3, -0.25) is 0 Å². The number of ether oxygens (including phenoxy) is 1. The SMILES string of the molecule is Cc1ccccc1O[C@@H](C)c1nc2ccc(F)cc2[nH]1. The van der Waals surface area contributed by atoms with Gasteiger partial charge in [-0.25, -0.2) is 9.37 Å². The second-order valence-corrected chi connectivity index (χ2v) is 4.81. The summed E-state index contributed by atoms with van der Waals surface area (Å²) in [5.74, 6) is 1.24. The molecule has 0 radical (unpaired) electrons. The molecule has 1 aromatic heterocycles. The monoisotopic (exact) mass is 270 g/mol. The molecule has 0 saturated heterocycles. The average Bonchev–Trinajstić information content (AvgIpc) is 2.84. The Hall–Kier alpha value is -2.36. The highest BCUT2D eigenvalue weighted by molar-refractivity contribution is 5.75. The smallest absolute Gasteiger partial charge is 0.153 e. The van der Waals surface area contributed by atoms with Gasteiger partial charge in [-0.05, 0) is 43.7 Å². The molecule has 0 unspecified atom stereocenters. The number of imidazole rings is 1. The zero-order chi connectivity index (χ0) is 14.1. The molecule has 0 aliphatic carbocycles. The lowest BCUT2D eigenvalue weighted by molar-refractivity contribution is 0.216. The van der Waals surface area contributed by atoms with Crippen LogP contribution in [-0.2, 0) is 0 Å². The topological polar surface area (TPSA) is 37.9 Å². The molecule has 0 bridgehead atoms. The number of nitrogens with zero attached hydrogens (tertiary/aromatic N) is 1. The summed E-state index contributed by atoms with van der Waals surface area (Å²) in [5.41, 5.74) is 2.49. The van der Waals surface area contributed by atoms with E-state index in [1.54, 1.807) is 6.07 Å². The van der Waals surface area contributed by atoms with Crippen molar-refractivity contribution in [2.45, 2.75) is 20.0 Å². The van der Waals surface area contributed by atoms with E-state index in [9.17, 15) is 4.39 Å². The predicted molar refractivity (Wildman–Crippen MR) is 76.3 cm³/mol. The summed E-state index contributed by atoms with van der Waals surface area (Å²) in [6.45, 7) is 3.91. The minimum absolute atomic E-state index is 0.230. The van der Waals surface area contributed by atoms with Gasteiger partial charge in [0.05, 0.1) is 11.0 Å². The van der Waals surface area contributed by atoms with E-state index in [2.05, 4.69) is 9.97 Å². The number of hydrogen-bond acceptors (Lipinski definition) is 2. The fraction of sp³-hybridized carbons (Fsp3) is 0.188. The summed E-state index contributed by atoms with van der Waals surface area (Å²) in [5, 5.41) is 0. The van der Waals surface area contributed by atoms with Gasteiger partial charge in [-0.1, -0.05) is 18.2 Å². The second kappa shape index (κ2) is 4.96. The van der Waals surface area contributed by atoms with Gasteiger partial charge >= 0.3 is 0 Å². The second-order valence-electron chi connectivity index (χ2n) is 4.81. The summed E-state index contributed by atoms with van der Waals surface area (Å²) in [6.07, 6.45) is -0.230. The molecule has 0 aliphatic rings. The average molecular weight is 270 g/mol. The third kappa shape index (κ3) is 2.37. The highest BCUT2D eigenvalue weighted by Crippen LogP contribution is 2.24. The first-order valence-electron chi connectivity index (χ1n) is 6.51. The third-order valence-electron chi connectivity index (χ3n) is 3.24. The van der Waals surface area contributed by atoms with E-state index in [1.165, 1.54) is 12.1 Å². The Labute approximate surface area is 116 Å². The Morgan fingerprint density at radius 1 is 1.20 bits per heavy atom. The zero-order valence-electron chi connectivity index (χ0n) is 11.4. The Bertz CT molecular complexity index is 751. The van der Waals surface area contributed by atoms with Crippen LogP contribution in [0.5, 0.6) is 5.75 Å². The Balaban J connectivity index is 1.89. The van der Waals surface area contributed by atoms with E-state index < -0.39 is 0 Å². The van der Waals surface area contributed by atoms with Crippen molar-refractivity contribution in [2.75, 3.05) is 0 Å². The molecular weight excluding hydrogens is 255 g/mol. The number of para-hydroxylation sites is 1. The van der Waals surface area contributed by atoms with Gasteiger partial charge in [0, 0.05) is 0 Å². The molecule has 3 rings (SSSR count). The van der Waals surface area contributed by atoms with Gasteiger partial charge < -0.3 is 9.72 Å². The molecule has 0 fully saturated rings. The van der Waals surface area contributed by atoms with E-state index in [4.69, 9.17) is 4.74 Å². The van der Waals surface area contributed by atoms with Crippen molar-refractivity contribution < 1.29 is 9.13 Å². The van der Waals surface area contributed by atoms with E-state index in [0.717, 1.165) is 16.8 Å². The van der Waals surface area contributed by atoms with Gasteiger partial charge in [0.25, 0.3) is 0 Å². The molecule has 0 aliphatic heterocycles. The molecule has 1 atom stereocenters. The number of H-pyrrole nitrogens is 1. The maximum atomic E-state index is 13.2. The van der Waals surface area contributed by atoms with Crippen LogP contribution in [0.15, 0.2) is 42.5 Å². The van der Waals surface area contributed by atoms with Crippen LogP contribution in [0.25, 0.3) is 11.0 Å². The summed E-state index contributed by atoms with van der Waals surface area (Å²) < 4.78 is 19.1. The van der Waals surface area contributed by atoms with Crippen LogP contribution in [-0.4, -0.2) is 9.97 Å². The fourth-order valence-electron chi connectivity index (χ4n) is 2.13. The highest BCUT2D eigenvalue weighted by Gasteiger charge is 2.13. The number of aromatic nitrogens is 2. The van der Waals surface area contributed by atoms with Crippen molar-refractivity contribution in [1.29, 1.82) is 0 Å². The molecule has 0 amide bonds.